The quantitative estimate of drug-likeness (QED) is 0.740. The van der Waals surface area contributed by atoms with Gasteiger partial charge in [-0.25, -0.2) is 0 Å². The summed E-state index contributed by atoms with van der Waals surface area (Å²) in [5.74, 6) is 0. The van der Waals surface area contributed by atoms with Gasteiger partial charge in [0.15, 0.2) is 3.95 Å². The molecule has 2 rings (SSSR count). The van der Waals surface area contributed by atoms with E-state index in [1.165, 1.54) is 11.3 Å². The first kappa shape index (κ1) is 9.15. The number of aliphatic hydroxyl groups is 1. The number of nitrogens with one attached hydrogen (secondary N) is 1. The van der Waals surface area contributed by atoms with Crippen LogP contribution >= 0.6 is 35.2 Å². The van der Waals surface area contributed by atoms with E-state index >= 15 is 0 Å². The Balaban J connectivity index is 2.90. The summed E-state index contributed by atoms with van der Waals surface area (Å²) in [4.78, 5) is 3.01. The molecule has 1 aromatic carbocycles. The number of rotatable bonds is 1. The van der Waals surface area contributed by atoms with Crippen LogP contribution in [0.2, 0.25) is 5.02 Å². The van der Waals surface area contributed by atoms with Crippen LogP contribution in [0.1, 0.15) is 5.56 Å². The zero-order chi connectivity index (χ0) is 9.42. The number of thiazole rings is 1. The minimum Gasteiger partial charge on any atom is -0.392 e. The Morgan fingerprint density at radius 2 is 2.31 bits per heavy atom. The van der Waals surface area contributed by atoms with Crippen LogP contribution in [0.25, 0.3) is 10.2 Å². The molecule has 1 aromatic heterocycles. The molecule has 2 N–H and O–H groups in total. The molecule has 1 heterocycles. The fourth-order valence-electron chi connectivity index (χ4n) is 1.21. The summed E-state index contributed by atoms with van der Waals surface area (Å²) in [5.41, 5.74) is 1.57. The highest BCUT2D eigenvalue weighted by molar-refractivity contribution is 7.73. The van der Waals surface area contributed by atoms with Crippen molar-refractivity contribution in [2.45, 2.75) is 6.61 Å². The first-order chi connectivity index (χ1) is 6.22. The van der Waals surface area contributed by atoms with Crippen molar-refractivity contribution in [2.75, 3.05) is 0 Å². The molecule has 0 saturated heterocycles. The van der Waals surface area contributed by atoms with Gasteiger partial charge in [-0.1, -0.05) is 11.6 Å². The smallest absolute Gasteiger partial charge is 0.159 e. The van der Waals surface area contributed by atoms with Gasteiger partial charge in [-0.3, -0.25) is 0 Å². The number of fused-ring (bicyclic) bond motifs is 1. The summed E-state index contributed by atoms with van der Waals surface area (Å²) in [6.45, 7) is -0.0713. The lowest BCUT2D eigenvalue weighted by Crippen LogP contribution is -1.86. The van der Waals surface area contributed by atoms with Crippen molar-refractivity contribution < 1.29 is 5.11 Å². The van der Waals surface area contributed by atoms with E-state index in [1.54, 1.807) is 6.07 Å². The van der Waals surface area contributed by atoms with E-state index in [0.717, 1.165) is 10.2 Å². The van der Waals surface area contributed by atoms with E-state index < -0.39 is 0 Å². The monoisotopic (exact) mass is 231 g/mol. The molecule has 0 fully saturated rings. The van der Waals surface area contributed by atoms with Crippen molar-refractivity contribution in [2.24, 2.45) is 0 Å². The highest BCUT2D eigenvalue weighted by Gasteiger charge is 2.06. The molecule has 68 valence electrons. The number of hydrogen-bond donors (Lipinski definition) is 2. The van der Waals surface area contributed by atoms with Crippen LogP contribution in [0.15, 0.2) is 12.1 Å². The van der Waals surface area contributed by atoms with E-state index in [4.69, 9.17) is 28.9 Å². The Morgan fingerprint density at radius 3 is 3.00 bits per heavy atom. The average molecular weight is 232 g/mol. The Kier molecular flexibility index (Phi) is 2.38. The lowest BCUT2D eigenvalue weighted by molar-refractivity contribution is 0.283. The van der Waals surface area contributed by atoms with Crippen LogP contribution < -0.4 is 0 Å². The summed E-state index contributed by atoms with van der Waals surface area (Å²) in [5, 5.41) is 9.66. The standard InChI is InChI=1S/C8H6ClNOS2/c9-5-1-2-6-7(4(5)3-11)10-8(12)13-6/h1-2,11H,3H2,(H,10,12). The molecular weight excluding hydrogens is 226 g/mol. The second-order valence-corrected chi connectivity index (χ2v) is 4.70. The van der Waals surface area contributed by atoms with Gasteiger partial charge >= 0.3 is 0 Å². The third-order valence-electron chi connectivity index (χ3n) is 1.81. The second-order valence-electron chi connectivity index (χ2n) is 2.57. The van der Waals surface area contributed by atoms with Gasteiger partial charge in [-0.2, -0.15) is 0 Å². The lowest BCUT2D eigenvalue weighted by Gasteiger charge is -2.00. The maximum Gasteiger partial charge on any atom is 0.159 e. The molecule has 5 heteroatoms. The normalized spacial score (nSPS) is 10.9. The Hall–Kier alpha value is -0.420. The number of hydrogen-bond acceptors (Lipinski definition) is 3. The first-order valence-electron chi connectivity index (χ1n) is 3.63. The average Bonchev–Trinajstić information content (AvgIpc) is 2.45. The zero-order valence-electron chi connectivity index (χ0n) is 6.50. The molecule has 0 aliphatic heterocycles. The molecule has 13 heavy (non-hydrogen) atoms. The summed E-state index contributed by atoms with van der Waals surface area (Å²) in [6, 6.07) is 3.67. The van der Waals surface area contributed by atoms with E-state index in [1.807, 2.05) is 6.07 Å². The van der Waals surface area contributed by atoms with Crippen molar-refractivity contribution in [3.63, 3.8) is 0 Å². The van der Waals surface area contributed by atoms with Crippen molar-refractivity contribution in [3.8, 4) is 0 Å². The second kappa shape index (κ2) is 3.38. The van der Waals surface area contributed by atoms with Crippen molar-refractivity contribution in [1.29, 1.82) is 0 Å². The molecule has 2 nitrogen and oxygen atoms in total. The van der Waals surface area contributed by atoms with Crippen molar-refractivity contribution >= 4 is 45.4 Å². The zero-order valence-corrected chi connectivity index (χ0v) is 8.89. The summed E-state index contributed by atoms with van der Waals surface area (Å²) < 4.78 is 1.73. The fourth-order valence-corrected chi connectivity index (χ4v) is 2.56. The van der Waals surface area contributed by atoms with E-state index in [2.05, 4.69) is 4.98 Å². The molecular formula is C8H6ClNOS2. The SMILES string of the molecule is OCc1c(Cl)ccc2sc(=S)[nH]c12. The number of H-pyrrole nitrogens is 1. The summed E-state index contributed by atoms with van der Waals surface area (Å²) >= 11 is 12.4. The summed E-state index contributed by atoms with van der Waals surface area (Å²) in [6.07, 6.45) is 0. The third-order valence-corrected chi connectivity index (χ3v) is 3.36. The van der Waals surface area contributed by atoms with Gasteiger partial charge in [0.05, 0.1) is 16.8 Å². The maximum absolute atomic E-state index is 9.09. The molecule has 0 aliphatic rings. The van der Waals surface area contributed by atoms with Crippen LogP contribution in [0, 0.1) is 3.95 Å². The van der Waals surface area contributed by atoms with Gasteiger partial charge in [0.2, 0.25) is 0 Å². The summed E-state index contributed by atoms with van der Waals surface area (Å²) in [7, 11) is 0. The number of aliphatic hydroxyl groups excluding tert-OH is 1. The van der Waals surface area contributed by atoms with Crippen LogP contribution in [0.3, 0.4) is 0 Å². The predicted octanol–water partition coefficient (Wildman–Crippen LogP) is 3.10. The van der Waals surface area contributed by atoms with Crippen LogP contribution in [-0.2, 0) is 6.61 Å². The maximum atomic E-state index is 9.09. The van der Waals surface area contributed by atoms with Gasteiger partial charge in [-0.05, 0) is 24.4 Å². The van der Waals surface area contributed by atoms with Gasteiger partial charge < -0.3 is 10.1 Å². The van der Waals surface area contributed by atoms with E-state index in [9.17, 15) is 0 Å². The molecule has 0 unspecified atom stereocenters. The van der Waals surface area contributed by atoms with Crippen LogP contribution in [-0.4, -0.2) is 10.1 Å². The Labute approximate surface area is 88.8 Å². The molecule has 0 atom stereocenters. The van der Waals surface area contributed by atoms with E-state index in [-0.39, 0.29) is 6.61 Å². The molecule has 0 aliphatic carbocycles. The molecule has 0 amide bonds. The van der Waals surface area contributed by atoms with Crippen molar-refractivity contribution in [1.82, 2.24) is 4.98 Å². The first-order valence-corrected chi connectivity index (χ1v) is 5.23. The molecule has 0 spiro atoms. The Bertz CT molecular complexity index is 502. The highest BCUT2D eigenvalue weighted by Crippen LogP contribution is 2.28. The van der Waals surface area contributed by atoms with Gasteiger partial charge in [-0.15, -0.1) is 11.3 Å². The van der Waals surface area contributed by atoms with Gasteiger partial charge in [0, 0.05) is 10.6 Å². The van der Waals surface area contributed by atoms with Crippen LogP contribution in [0.4, 0.5) is 0 Å². The number of halogens is 1. The topological polar surface area (TPSA) is 36.0 Å². The van der Waals surface area contributed by atoms with E-state index in [0.29, 0.717) is 14.5 Å². The predicted molar refractivity (Wildman–Crippen MR) is 57.9 cm³/mol. The molecule has 2 aromatic rings. The third kappa shape index (κ3) is 1.50. The molecule has 0 radical (unpaired) electrons. The van der Waals surface area contributed by atoms with Gasteiger partial charge in [0.25, 0.3) is 0 Å². The minimum absolute atomic E-state index is 0.0713. The van der Waals surface area contributed by atoms with Crippen LogP contribution in [0.5, 0.6) is 0 Å². The Morgan fingerprint density at radius 1 is 1.54 bits per heavy atom. The van der Waals surface area contributed by atoms with Crippen molar-refractivity contribution in [3.05, 3.63) is 26.7 Å². The van der Waals surface area contributed by atoms with Gasteiger partial charge in [0.1, 0.15) is 0 Å². The highest BCUT2D eigenvalue weighted by atomic mass is 35.5. The molecule has 0 bridgehead atoms. The largest absolute Gasteiger partial charge is 0.392 e. The fraction of sp³-hybridized carbons (Fsp3) is 0.125. The minimum atomic E-state index is -0.0713. The number of aromatic nitrogens is 1. The number of aromatic amines is 1. The lowest BCUT2D eigenvalue weighted by atomic mass is 10.2. The molecule has 0 saturated carbocycles. The number of benzene rings is 1.